The summed E-state index contributed by atoms with van der Waals surface area (Å²) in [6.07, 6.45) is 3.57. The Kier molecular flexibility index (Phi) is 5.23. The first-order valence-corrected chi connectivity index (χ1v) is 5.29. The molecule has 0 unspecified atom stereocenters. The zero-order valence-corrected chi connectivity index (χ0v) is 10.0. The molecule has 0 bridgehead atoms. The van der Waals surface area contributed by atoms with Gasteiger partial charge < -0.3 is 9.94 Å². The standard InChI is InChI=1S/C12H12ClNO3/c1-9(12(15)16)14-17-8-2-3-10-4-6-11(13)7-5-10/h2-7H,8H2,1H3,(H,15,16)/b3-2+,14-9+. The average molecular weight is 254 g/mol. The van der Waals surface area contributed by atoms with E-state index in [1.165, 1.54) is 6.92 Å². The van der Waals surface area contributed by atoms with Crippen molar-refractivity contribution >= 4 is 29.4 Å². The Morgan fingerprint density at radius 2 is 2.12 bits per heavy atom. The van der Waals surface area contributed by atoms with Gasteiger partial charge in [-0.25, -0.2) is 4.79 Å². The summed E-state index contributed by atoms with van der Waals surface area (Å²) in [7, 11) is 0. The first-order chi connectivity index (χ1) is 8.09. The molecule has 0 saturated heterocycles. The number of hydrogen-bond acceptors (Lipinski definition) is 3. The van der Waals surface area contributed by atoms with E-state index < -0.39 is 5.97 Å². The summed E-state index contributed by atoms with van der Waals surface area (Å²) >= 11 is 5.74. The maximum absolute atomic E-state index is 10.4. The highest BCUT2D eigenvalue weighted by molar-refractivity contribution is 6.34. The number of carboxylic acids is 1. The molecule has 1 N–H and O–H groups in total. The van der Waals surface area contributed by atoms with E-state index in [1.54, 1.807) is 18.2 Å². The third-order valence-electron chi connectivity index (χ3n) is 1.86. The van der Waals surface area contributed by atoms with Crippen LogP contribution >= 0.6 is 11.6 Å². The number of aliphatic carboxylic acids is 1. The van der Waals surface area contributed by atoms with Crippen molar-refractivity contribution in [1.82, 2.24) is 0 Å². The molecule has 4 nitrogen and oxygen atoms in total. The van der Waals surface area contributed by atoms with Gasteiger partial charge in [0.2, 0.25) is 0 Å². The summed E-state index contributed by atoms with van der Waals surface area (Å²) in [6, 6.07) is 7.30. The second-order valence-electron chi connectivity index (χ2n) is 3.23. The molecule has 0 saturated carbocycles. The van der Waals surface area contributed by atoms with Gasteiger partial charge in [-0.3, -0.25) is 0 Å². The topological polar surface area (TPSA) is 58.9 Å². The third kappa shape index (κ3) is 5.17. The van der Waals surface area contributed by atoms with Gasteiger partial charge in [-0.1, -0.05) is 35.0 Å². The molecule has 0 aromatic heterocycles. The summed E-state index contributed by atoms with van der Waals surface area (Å²) in [5, 5.41) is 12.6. The van der Waals surface area contributed by atoms with E-state index in [9.17, 15) is 4.79 Å². The van der Waals surface area contributed by atoms with Crippen molar-refractivity contribution in [3.05, 3.63) is 40.9 Å². The fourth-order valence-corrected chi connectivity index (χ4v) is 1.10. The van der Waals surface area contributed by atoms with Crippen LogP contribution < -0.4 is 0 Å². The van der Waals surface area contributed by atoms with Crippen molar-refractivity contribution in [2.24, 2.45) is 5.16 Å². The van der Waals surface area contributed by atoms with Crippen LogP contribution in [0.5, 0.6) is 0 Å². The van der Waals surface area contributed by atoms with Crippen molar-refractivity contribution in [3.63, 3.8) is 0 Å². The lowest BCUT2D eigenvalue weighted by Gasteiger charge is -1.95. The highest BCUT2D eigenvalue weighted by Crippen LogP contribution is 2.10. The van der Waals surface area contributed by atoms with E-state index in [2.05, 4.69) is 5.16 Å². The van der Waals surface area contributed by atoms with Crippen LogP contribution in [0.2, 0.25) is 5.02 Å². The first-order valence-electron chi connectivity index (χ1n) is 4.91. The van der Waals surface area contributed by atoms with Gasteiger partial charge in [0.1, 0.15) is 6.61 Å². The zero-order chi connectivity index (χ0) is 12.7. The lowest BCUT2D eigenvalue weighted by molar-refractivity contribution is -0.129. The monoisotopic (exact) mass is 253 g/mol. The molecule has 5 heteroatoms. The maximum atomic E-state index is 10.4. The number of halogens is 1. The van der Waals surface area contributed by atoms with Crippen LogP contribution in [0.4, 0.5) is 0 Å². The third-order valence-corrected chi connectivity index (χ3v) is 2.11. The van der Waals surface area contributed by atoms with Crippen molar-refractivity contribution in [1.29, 1.82) is 0 Å². The molecule has 0 aliphatic rings. The molecule has 1 aromatic rings. The van der Waals surface area contributed by atoms with Crippen LogP contribution in [0, 0.1) is 0 Å². The molecular weight excluding hydrogens is 242 g/mol. The van der Waals surface area contributed by atoms with Gasteiger partial charge in [0.25, 0.3) is 0 Å². The Hall–Kier alpha value is -1.81. The molecule has 1 rings (SSSR count). The number of hydrogen-bond donors (Lipinski definition) is 1. The molecule has 90 valence electrons. The predicted molar refractivity (Wildman–Crippen MR) is 67.2 cm³/mol. The second-order valence-corrected chi connectivity index (χ2v) is 3.67. The van der Waals surface area contributed by atoms with E-state index in [4.69, 9.17) is 21.5 Å². The SMILES string of the molecule is C/C(=N\OC/C=C/c1ccc(Cl)cc1)C(=O)O. The Balaban J connectivity index is 2.39. The highest BCUT2D eigenvalue weighted by Gasteiger charge is 2.00. The largest absolute Gasteiger partial charge is 0.477 e. The van der Waals surface area contributed by atoms with E-state index in [0.29, 0.717) is 5.02 Å². The van der Waals surface area contributed by atoms with E-state index in [-0.39, 0.29) is 12.3 Å². The molecule has 0 aliphatic carbocycles. The first kappa shape index (κ1) is 13.3. The maximum Gasteiger partial charge on any atom is 0.353 e. The summed E-state index contributed by atoms with van der Waals surface area (Å²) in [4.78, 5) is 15.2. The second kappa shape index (κ2) is 6.70. The van der Waals surface area contributed by atoms with Crippen molar-refractivity contribution < 1.29 is 14.7 Å². The molecule has 0 fully saturated rings. The van der Waals surface area contributed by atoms with E-state index in [0.717, 1.165) is 5.56 Å². The molecule has 17 heavy (non-hydrogen) atoms. The zero-order valence-electron chi connectivity index (χ0n) is 9.26. The van der Waals surface area contributed by atoms with Crippen LogP contribution in [0.3, 0.4) is 0 Å². The van der Waals surface area contributed by atoms with Crippen LogP contribution in [-0.2, 0) is 9.63 Å². The fraction of sp³-hybridized carbons (Fsp3) is 0.167. The Labute approximate surface area is 104 Å². The molecule has 0 aliphatic heterocycles. The van der Waals surface area contributed by atoms with Crippen LogP contribution in [0.25, 0.3) is 6.08 Å². The smallest absolute Gasteiger partial charge is 0.353 e. The summed E-state index contributed by atoms with van der Waals surface area (Å²) in [5.74, 6) is -1.09. The highest BCUT2D eigenvalue weighted by atomic mass is 35.5. The number of benzene rings is 1. The molecule has 0 atom stereocenters. The minimum Gasteiger partial charge on any atom is -0.477 e. The minimum atomic E-state index is -1.09. The molecule has 0 radical (unpaired) electrons. The van der Waals surface area contributed by atoms with Gasteiger partial charge in [-0.05, 0) is 30.7 Å². The van der Waals surface area contributed by atoms with Gasteiger partial charge in [-0.15, -0.1) is 0 Å². The Morgan fingerprint density at radius 1 is 1.47 bits per heavy atom. The quantitative estimate of drug-likeness (QED) is 0.499. The Bertz CT molecular complexity index is 438. The summed E-state index contributed by atoms with van der Waals surface area (Å²) < 4.78 is 0. The van der Waals surface area contributed by atoms with Crippen molar-refractivity contribution in [2.45, 2.75) is 6.92 Å². The number of oxime groups is 1. The minimum absolute atomic E-state index is 0.0788. The number of rotatable bonds is 5. The lowest BCUT2D eigenvalue weighted by atomic mass is 10.2. The van der Waals surface area contributed by atoms with Gasteiger partial charge in [0.05, 0.1) is 0 Å². The molecular formula is C12H12ClNO3. The number of carboxylic acid groups (broad SMARTS) is 1. The lowest BCUT2D eigenvalue weighted by Crippen LogP contribution is -2.08. The fourth-order valence-electron chi connectivity index (χ4n) is 0.974. The Morgan fingerprint density at radius 3 is 2.71 bits per heavy atom. The number of carbonyl (C=O) groups is 1. The van der Waals surface area contributed by atoms with Gasteiger partial charge in [0, 0.05) is 5.02 Å². The summed E-state index contributed by atoms with van der Waals surface area (Å²) in [6.45, 7) is 1.58. The van der Waals surface area contributed by atoms with Crippen molar-refractivity contribution in [2.75, 3.05) is 6.61 Å². The van der Waals surface area contributed by atoms with Gasteiger partial charge >= 0.3 is 5.97 Å². The normalized spacial score (nSPS) is 11.8. The van der Waals surface area contributed by atoms with E-state index in [1.807, 2.05) is 18.2 Å². The predicted octanol–water partition coefficient (Wildman–Crippen LogP) is 2.83. The van der Waals surface area contributed by atoms with Crippen LogP contribution in [-0.4, -0.2) is 23.4 Å². The number of nitrogens with zero attached hydrogens (tertiary/aromatic N) is 1. The molecule has 0 heterocycles. The molecule has 0 amide bonds. The van der Waals surface area contributed by atoms with Crippen molar-refractivity contribution in [3.8, 4) is 0 Å². The van der Waals surface area contributed by atoms with Gasteiger partial charge in [-0.2, -0.15) is 0 Å². The average Bonchev–Trinajstić information content (AvgIpc) is 2.30. The van der Waals surface area contributed by atoms with Gasteiger partial charge in [0.15, 0.2) is 5.71 Å². The molecule has 0 spiro atoms. The summed E-state index contributed by atoms with van der Waals surface area (Å²) in [5.41, 5.74) is 0.904. The van der Waals surface area contributed by atoms with Crippen LogP contribution in [0.1, 0.15) is 12.5 Å². The molecule has 1 aromatic carbocycles. The van der Waals surface area contributed by atoms with Crippen LogP contribution in [0.15, 0.2) is 35.5 Å². The van der Waals surface area contributed by atoms with E-state index >= 15 is 0 Å².